The molecule has 0 radical (unpaired) electrons. The molecule has 1 saturated carbocycles. The van der Waals surface area contributed by atoms with Crippen LogP contribution in [0.2, 0.25) is 0 Å². The summed E-state index contributed by atoms with van der Waals surface area (Å²) >= 11 is 5.66. The average molecular weight is 418 g/mol. The normalized spacial score (nSPS) is 16.2. The third kappa shape index (κ3) is 4.64. The Morgan fingerprint density at radius 1 is 1.21 bits per heavy atom. The minimum atomic E-state index is -0.147. The molecule has 2 aromatic rings. The number of thiocarbonyl (C=S) groups is 1. The molecule has 0 spiro atoms. The van der Waals surface area contributed by atoms with E-state index in [4.69, 9.17) is 21.7 Å². The van der Waals surface area contributed by atoms with Crippen LogP contribution in [0.3, 0.4) is 0 Å². The van der Waals surface area contributed by atoms with Crippen molar-refractivity contribution in [2.24, 2.45) is 0 Å². The van der Waals surface area contributed by atoms with E-state index in [0.717, 1.165) is 18.2 Å². The summed E-state index contributed by atoms with van der Waals surface area (Å²) in [6, 6.07) is 5.95. The first-order chi connectivity index (χ1) is 14.1. The van der Waals surface area contributed by atoms with Gasteiger partial charge in [-0.25, -0.2) is 0 Å². The van der Waals surface area contributed by atoms with E-state index in [1.165, 1.54) is 19.3 Å². The molecule has 2 aliphatic rings. The lowest BCUT2D eigenvalue weighted by Crippen LogP contribution is -2.46. The zero-order valence-corrected chi connectivity index (χ0v) is 17.2. The molecule has 0 amide bonds. The summed E-state index contributed by atoms with van der Waals surface area (Å²) < 4.78 is 10.8. The second kappa shape index (κ2) is 9.00. The van der Waals surface area contributed by atoms with E-state index in [2.05, 4.69) is 10.3 Å². The number of aliphatic hydroxyl groups excluding tert-OH is 1. The Labute approximate surface area is 175 Å². The van der Waals surface area contributed by atoms with Crippen LogP contribution in [0.25, 0.3) is 10.9 Å². The van der Waals surface area contributed by atoms with Crippen LogP contribution in [0.1, 0.15) is 44.1 Å². The van der Waals surface area contributed by atoms with Gasteiger partial charge in [-0.15, -0.1) is 0 Å². The van der Waals surface area contributed by atoms with Gasteiger partial charge in [-0.05, 0) is 43.6 Å². The Bertz CT molecular complexity index is 939. The lowest BCUT2D eigenvalue weighted by Gasteiger charge is -2.30. The molecule has 0 atom stereocenters. The maximum atomic E-state index is 12.7. The molecule has 1 aromatic heterocycles. The number of nitrogens with one attached hydrogen (secondary N) is 2. The molecule has 8 heteroatoms. The summed E-state index contributed by atoms with van der Waals surface area (Å²) in [6.45, 7) is 1.25. The monoisotopic (exact) mass is 417 g/mol. The van der Waals surface area contributed by atoms with E-state index in [0.29, 0.717) is 53.2 Å². The maximum absolute atomic E-state index is 12.7. The number of benzene rings is 1. The number of fused-ring (bicyclic) bond motifs is 2. The summed E-state index contributed by atoms with van der Waals surface area (Å²) in [7, 11) is 0. The second-order valence-electron chi connectivity index (χ2n) is 7.70. The van der Waals surface area contributed by atoms with Crippen molar-refractivity contribution in [1.29, 1.82) is 0 Å². The number of rotatable bonds is 6. The van der Waals surface area contributed by atoms with Gasteiger partial charge in [0.2, 0.25) is 6.79 Å². The number of H-pyrrole nitrogens is 1. The molecule has 156 valence electrons. The Kier molecular flexibility index (Phi) is 6.20. The molecular weight excluding hydrogens is 390 g/mol. The highest BCUT2D eigenvalue weighted by molar-refractivity contribution is 7.80. The standard InChI is InChI=1S/C21H27N3O4S/c25-8-4-7-24(21(29)22-16-5-2-1-3-6-16)12-15-9-14-10-18-19(28-13-27-18)11-17(14)23-20(15)26/h9-11,16,25H,1-8,12-13H2,(H,22,29)(H,23,26). The number of ether oxygens (including phenoxy) is 2. The Hall–Kier alpha value is -2.32. The Morgan fingerprint density at radius 2 is 1.97 bits per heavy atom. The van der Waals surface area contributed by atoms with Crippen LogP contribution in [0.15, 0.2) is 23.0 Å². The molecule has 7 nitrogen and oxygen atoms in total. The third-order valence-corrected chi connectivity index (χ3v) is 5.96. The fourth-order valence-corrected chi connectivity index (χ4v) is 4.31. The lowest BCUT2D eigenvalue weighted by molar-refractivity contribution is 0.174. The quantitative estimate of drug-likeness (QED) is 0.623. The minimum Gasteiger partial charge on any atom is -0.454 e. The van der Waals surface area contributed by atoms with Crippen LogP contribution in [0, 0.1) is 0 Å². The molecule has 2 heterocycles. The van der Waals surface area contributed by atoms with Crippen LogP contribution in [-0.4, -0.2) is 46.1 Å². The molecular formula is C21H27N3O4S. The van der Waals surface area contributed by atoms with Gasteiger partial charge in [0, 0.05) is 36.2 Å². The van der Waals surface area contributed by atoms with Crippen molar-refractivity contribution in [3.63, 3.8) is 0 Å². The molecule has 4 rings (SSSR count). The fourth-order valence-electron chi connectivity index (χ4n) is 3.99. The van der Waals surface area contributed by atoms with Crippen LogP contribution in [-0.2, 0) is 6.54 Å². The molecule has 1 aromatic carbocycles. The third-order valence-electron chi connectivity index (χ3n) is 5.58. The lowest BCUT2D eigenvalue weighted by atomic mass is 9.96. The summed E-state index contributed by atoms with van der Waals surface area (Å²) in [5, 5.41) is 14.3. The van der Waals surface area contributed by atoms with Crippen molar-refractivity contribution < 1.29 is 14.6 Å². The van der Waals surface area contributed by atoms with E-state index >= 15 is 0 Å². The molecule has 3 N–H and O–H groups in total. The molecule has 0 unspecified atom stereocenters. The number of hydrogen-bond donors (Lipinski definition) is 3. The zero-order chi connectivity index (χ0) is 20.2. The van der Waals surface area contributed by atoms with Gasteiger partial charge in [0.05, 0.1) is 12.1 Å². The minimum absolute atomic E-state index is 0.0834. The van der Waals surface area contributed by atoms with Crippen LogP contribution < -0.4 is 20.3 Å². The van der Waals surface area contributed by atoms with Gasteiger partial charge in [-0.2, -0.15) is 0 Å². The van der Waals surface area contributed by atoms with E-state index in [1.807, 2.05) is 17.0 Å². The fraction of sp³-hybridized carbons (Fsp3) is 0.524. The van der Waals surface area contributed by atoms with E-state index in [-0.39, 0.29) is 19.0 Å². The zero-order valence-electron chi connectivity index (χ0n) is 16.4. The highest BCUT2D eigenvalue weighted by atomic mass is 32.1. The molecule has 0 bridgehead atoms. The predicted octanol–water partition coefficient (Wildman–Crippen LogP) is 2.65. The Balaban J connectivity index is 1.55. The van der Waals surface area contributed by atoms with Crippen molar-refractivity contribution in [2.45, 2.75) is 51.1 Å². The van der Waals surface area contributed by atoms with Crippen molar-refractivity contribution in [2.75, 3.05) is 19.9 Å². The summed E-state index contributed by atoms with van der Waals surface area (Å²) in [5.74, 6) is 1.32. The summed E-state index contributed by atoms with van der Waals surface area (Å²) in [5.41, 5.74) is 1.20. The molecule has 1 fully saturated rings. The Morgan fingerprint density at radius 3 is 2.72 bits per heavy atom. The first-order valence-electron chi connectivity index (χ1n) is 10.3. The van der Waals surface area contributed by atoms with Crippen molar-refractivity contribution in [1.82, 2.24) is 15.2 Å². The second-order valence-corrected chi connectivity index (χ2v) is 8.09. The van der Waals surface area contributed by atoms with Gasteiger partial charge in [0.15, 0.2) is 16.6 Å². The number of aromatic amines is 1. The SMILES string of the molecule is O=c1[nH]c2cc3c(cc2cc1CN(CCCO)C(=S)NC1CCCCC1)OCO3. The van der Waals surface area contributed by atoms with E-state index < -0.39 is 0 Å². The van der Waals surface area contributed by atoms with Gasteiger partial charge in [0.25, 0.3) is 5.56 Å². The maximum Gasteiger partial charge on any atom is 0.253 e. The van der Waals surface area contributed by atoms with Gasteiger partial charge in [-0.3, -0.25) is 4.79 Å². The number of hydrogen-bond acceptors (Lipinski definition) is 5. The van der Waals surface area contributed by atoms with Gasteiger partial charge in [0.1, 0.15) is 0 Å². The van der Waals surface area contributed by atoms with Crippen molar-refractivity contribution in [3.8, 4) is 11.5 Å². The number of pyridine rings is 1. The van der Waals surface area contributed by atoms with Crippen LogP contribution in [0.5, 0.6) is 11.5 Å². The van der Waals surface area contributed by atoms with Crippen LogP contribution in [0.4, 0.5) is 0 Å². The number of aromatic nitrogens is 1. The summed E-state index contributed by atoms with van der Waals surface area (Å²) in [4.78, 5) is 17.6. The highest BCUT2D eigenvalue weighted by Crippen LogP contribution is 2.35. The van der Waals surface area contributed by atoms with Crippen molar-refractivity contribution >= 4 is 28.2 Å². The van der Waals surface area contributed by atoms with E-state index in [1.54, 1.807) is 6.07 Å². The molecule has 29 heavy (non-hydrogen) atoms. The largest absolute Gasteiger partial charge is 0.454 e. The predicted molar refractivity (Wildman–Crippen MR) is 115 cm³/mol. The highest BCUT2D eigenvalue weighted by Gasteiger charge is 2.20. The summed E-state index contributed by atoms with van der Waals surface area (Å²) in [6.07, 6.45) is 6.56. The van der Waals surface area contributed by atoms with Gasteiger partial charge < -0.3 is 29.8 Å². The molecule has 1 aliphatic carbocycles. The van der Waals surface area contributed by atoms with Crippen LogP contribution >= 0.6 is 12.2 Å². The number of nitrogens with zero attached hydrogens (tertiary/aromatic N) is 1. The average Bonchev–Trinajstić information content (AvgIpc) is 3.17. The first-order valence-corrected chi connectivity index (χ1v) is 10.7. The molecule has 1 aliphatic heterocycles. The van der Waals surface area contributed by atoms with Gasteiger partial charge in [-0.1, -0.05) is 19.3 Å². The first kappa shape index (κ1) is 20.0. The molecule has 0 saturated heterocycles. The smallest absolute Gasteiger partial charge is 0.253 e. The van der Waals surface area contributed by atoms with Gasteiger partial charge >= 0.3 is 0 Å². The van der Waals surface area contributed by atoms with Crippen molar-refractivity contribution in [3.05, 3.63) is 34.1 Å². The number of aliphatic hydroxyl groups is 1. The topological polar surface area (TPSA) is 86.8 Å². The van der Waals surface area contributed by atoms with E-state index in [9.17, 15) is 9.90 Å².